The van der Waals surface area contributed by atoms with Gasteiger partial charge in [-0.15, -0.1) is 0 Å². The minimum atomic E-state index is -0.997. The van der Waals surface area contributed by atoms with E-state index >= 15 is 0 Å². The maximum Gasteiger partial charge on any atom is 0.118 e. The minimum Gasteiger partial charge on any atom is -0.497 e. The maximum atomic E-state index is 10.4. The molecule has 2 aromatic rings. The van der Waals surface area contributed by atoms with E-state index in [1.807, 2.05) is 49.4 Å². The Morgan fingerprint density at radius 2 is 1.61 bits per heavy atom. The van der Waals surface area contributed by atoms with Crippen molar-refractivity contribution >= 4 is 0 Å². The number of rotatable bonds is 18. The summed E-state index contributed by atoms with van der Waals surface area (Å²) in [4.78, 5) is 0. The van der Waals surface area contributed by atoms with Crippen molar-refractivity contribution < 1.29 is 29.5 Å². The molecule has 0 aliphatic rings. The van der Waals surface area contributed by atoms with Crippen LogP contribution < -0.4 is 4.74 Å². The molecule has 2 rings (SSSR count). The molecule has 0 amide bonds. The van der Waals surface area contributed by atoms with Crippen LogP contribution in [-0.4, -0.2) is 54.0 Å². The molecule has 0 fully saturated rings. The molecule has 0 saturated heterocycles. The number of unbranched alkanes of at least 4 members (excludes halogenated alkanes) is 1. The van der Waals surface area contributed by atoms with Crippen molar-refractivity contribution in [1.82, 2.24) is 0 Å². The number of ether oxygens (including phenoxy) is 3. The number of hydrogen-bond acceptors (Lipinski definition) is 6. The zero-order valence-corrected chi connectivity index (χ0v) is 21.6. The summed E-state index contributed by atoms with van der Waals surface area (Å²) < 4.78 is 16.7. The normalized spacial score (nSPS) is 14.6. The molecule has 3 N–H and O–H groups in total. The summed E-state index contributed by atoms with van der Waals surface area (Å²) in [6.07, 6.45) is 7.65. The predicted octanol–water partition coefficient (Wildman–Crippen LogP) is 4.96. The zero-order valence-electron chi connectivity index (χ0n) is 21.6. The van der Waals surface area contributed by atoms with Gasteiger partial charge in [-0.05, 0) is 62.3 Å². The largest absolute Gasteiger partial charge is 0.497 e. The first-order valence-electron chi connectivity index (χ1n) is 12.7. The summed E-state index contributed by atoms with van der Waals surface area (Å²) in [7, 11) is 1.61. The van der Waals surface area contributed by atoms with Gasteiger partial charge in [-0.1, -0.05) is 66.3 Å². The topological polar surface area (TPSA) is 88.4 Å². The third-order valence-corrected chi connectivity index (χ3v) is 5.81. The average Bonchev–Trinajstić information content (AvgIpc) is 2.90. The summed E-state index contributed by atoms with van der Waals surface area (Å²) >= 11 is 0. The Labute approximate surface area is 215 Å². The van der Waals surface area contributed by atoms with Gasteiger partial charge in [0.15, 0.2) is 0 Å². The van der Waals surface area contributed by atoms with E-state index in [-0.39, 0.29) is 6.61 Å². The minimum absolute atomic E-state index is 0.309. The smallest absolute Gasteiger partial charge is 0.118 e. The molecule has 0 aliphatic carbocycles. The van der Waals surface area contributed by atoms with Gasteiger partial charge in [-0.2, -0.15) is 0 Å². The molecule has 2 aromatic carbocycles. The van der Waals surface area contributed by atoms with Crippen molar-refractivity contribution in [2.45, 2.75) is 70.6 Å². The second-order valence-electron chi connectivity index (χ2n) is 8.96. The molecule has 3 atom stereocenters. The van der Waals surface area contributed by atoms with E-state index in [4.69, 9.17) is 14.2 Å². The van der Waals surface area contributed by atoms with Crippen LogP contribution in [0, 0.1) is 0 Å². The fourth-order valence-corrected chi connectivity index (χ4v) is 3.72. The van der Waals surface area contributed by atoms with Crippen molar-refractivity contribution in [3.05, 3.63) is 89.5 Å². The van der Waals surface area contributed by atoms with Gasteiger partial charge >= 0.3 is 0 Å². The van der Waals surface area contributed by atoms with Crippen LogP contribution in [-0.2, 0) is 22.7 Å². The predicted molar refractivity (Wildman–Crippen MR) is 143 cm³/mol. The quantitative estimate of drug-likeness (QED) is 0.199. The van der Waals surface area contributed by atoms with E-state index in [2.05, 4.69) is 24.3 Å². The van der Waals surface area contributed by atoms with Crippen molar-refractivity contribution in [3.63, 3.8) is 0 Å². The molecule has 0 aromatic heterocycles. The molecule has 0 spiro atoms. The molecule has 0 saturated carbocycles. The van der Waals surface area contributed by atoms with Crippen LogP contribution in [0.5, 0.6) is 5.75 Å². The van der Waals surface area contributed by atoms with E-state index in [9.17, 15) is 15.3 Å². The molecular formula is C30H42O6. The maximum absolute atomic E-state index is 10.4. The van der Waals surface area contributed by atoms with Crippen molar-refractivity contribution in [2.75, 3.05) is 20.3 Å². The van der Waals surface area contributed by atoms with Crippen LogP contribution in [0.15, 0.2) is 78.4 Å². The monoisotopic (exact) mass is 498 g/mol. The van der Waals surface area contributed by atoms with Crippen LogP contribution in [0.2, 0.25) is 0 Å². The number of allylic oxidation sites excluding steroid dienone is 2. The summed E-state index contributed by atoms with van der Waals surface area (Å²) in [5, 5.41) is 30.0. The lowest BCUT2D eigenvalue weighted by molar-refractivity contribution is -0.0642. The SMILES string of the molecule is COc1ccc(CO[C@@H](C/C(C)=C\[C@@H](O)CC/C=C/CCCOCc2ccccc2)[C@H](O)CO)cc1. The Bertz CT molecular complexity index is 878. The van der Waals surface area contributed by atoms with Gasteiger partial charge in [0.05, 0.1) is 39.1 Å². The van der Waals surface area contributed by atoms with E-state index in [1.165, 1.54) is 5.56 Å². The van der Waals surface area contributed by atoms with Crippen molar-refractivity contribution in [1.29, 1.82) is 0 Å². The molecule has 0 aliphatic heterocycles. The Morgan fingerprint density at radius 1 is 0.917 bits per heavy atom. The van der Waals surface area contributed by atoms with E-state index in [0.29, 0.717) is 26.1 Å². The zero-order chi connectivity index (χ0) is 26.0. The highest BCUT2D eigenvalue weighted by Crippen LogP contribution is 2.18. The van der Waals surface area contributed by atoms with Gasteiger partial charge in [0.1, 0.15) is 11.9 Å². The number of benzene rings is 2. The highest BCUT2D eigenvalue weighted by atomic mass is 16.5. The van der Waals surface area contributed by atoms with Crippen LogP contribution in [0.4, 0.5) is 0 Å². The van der Waals surface area contributed by atoms with Crippen molar-refractivity contribution in [3.8, 4) is 5.75 Å². The van der Waals surface area contributed by atoms with Crippen LogP contribution >= 0.6 is 0 Å². The van der Waals surface area contributed by atoms with Crippen LogP contribution in [0.25, 0.3) is 0 Å². The molecule has 0 bridgehead atoms. The number of aliphatic hydroxyl groups is 3. The molecule has 0 unspecified atom stereocenters. The van der Waals surface area contributed by atoms with Gasteiger partial charge < -0.3 is 29.5 Å². The summed E-state index contributed by atoms with van der Waals surface area (Å²) in [5.74, 6) is 0.765. The van der Waals surface area contributed by atoms with Gasteiger partial charge in [-0.3, -0.25) is 0 Å². The number of hydrogen-bond donors (Lipinski definition) is 3. The van der Waals surface area contributed by atoms with Gasteiger partial charge in [0, 0.05) is 6.61 Å². The van der Waals surface area contributed by atoms with Gasteiger partial charge in [0.25, 0.3) is 0 Å². The number of aliphatic hydroxyl groups excluding tert-OH is 3. The highest BCUT2D eigenvalue weighted by molar-refractivity contribution is 5.26. The Kier molecular flexibility index (Phi) is 14.8. The van der Waals surface area contributed by atoms with Gasteiger partial charge in [-0.25, -0.2) is 0 Å². The Balaban J connectivity index is 1.65. The van der Waals surface area contributed by atoms with E-state index < -0.39 is 18.3 Å². The second-order valence-corrected chi connectivity index (χ2v) is 8.96. The first-order chi connectivity index (χ1) is 17.5. The lowest BCUT2D eigenvalue weighted by Gasteiger charge is -2.23. The molecule has 198 valence electrons. The lowest BCUT2D eigenvalue weighted by Crippen LogP contribution is -2.32. The molecule has 0 heterocycles. The van der Waals surface area contributed by atoms with Crippen LogP contribution in [0.3, 0.4) is 0 Å². The lowest BCUT2D eigenvalue weighted by atomic mass is 10.0. The van der Waals surface area contributed by atoms with E-state index in [1.54, 1.807) is 13.2 Å². The number of methoxy groups -OCH3 is 1. The first kappa shape index (κ1) is 29.7. The summed E-state index contributed by atoms with van der Waals surface area (Å²) in [6, 6.07) is 17.7. The Hall–Kier alpha value is -2.48. The third kappa shape index (κ3) is 12.5. The summed E-state index contributed by atoms with van der Waals surface area (Å²) in [5.41, 5.74) is 3.04. The molecule has 36 heavy (non-hydrogen) atoms. The fraction of sp³-hybridized carbons (Fsp3) is 0.467. The second kappa shape index (κ2) is 17.9. The van der Waals surface area contributed by atoms with Crippen molar-refractivity contribution in [2.24, 2.45) is 0 Å². The molecule has 6 heteroatoms. The van der Waals surface area contributed by atoms with Gasteiger partial charge in [0.2, 0.25) is 0 Å². The fourth-order valence-electron chi connectivity index (χ4n) is 3.72. The third-order valence-electron chi connectivity index (χ3n) is 5.81. The van der Waals surface area contributed by atoms with E-state index in [0.717, 1.165) is 42.8 Å². The molecular weight excluding hydrogens is 456 g/mol. The standard InChI is InChI=1S/C30H42O6/c1-24(20-30(29(33)21-31)36-23-26-14-16-28(34-2)17-15-26)19-27(32)13-9-4-3-5-10-18-35-22-25-11-7-6-8-12-25/h3-4,6-8,11-12,14-17,19,27,29-33H,5,9-10,13,18,20-23H2,1-2H3/b4-3+,24-19-/t27-,29+,30-/m0/s1. The summed E-state index contributed by atoms with van der Waals surface area (Å²) in [6.45, 7) is 3.20. The molecule has 0 radical (unpaired) electrons. The molecule has 6 nitrogen and oxygen atoms in total. The highest BCUT2D eigenvalue weighted by Gasteiger charge is 2.20. The Morgan fingerprint density at radius 3 is 2.31 bits per heavy atom. The average molecular weight is 499 g/mol. The van der Waals surface area contributed by atoms with Crippen LogP contribution in [0.1, 0.15) is 50.2 Å². The first-order valence-corrected chi connectivity index (χ1v) is 12.7.